The van der Waals surface area contributed by atoms with Crippen molar-refractivity contribution >= 4 is 23.2 Å². The highest BCUT2D eigenvalue weighted by atomic mass is 32.1. The zero-order valence-electron chi connectivity index (χ0n) is 19.7. The van der Waals surface area contributed by atoms with Gasteiger partial charge in [-0.3, -0.25) is 9.59 Å². The molecule has 1 aromatic heterocycles. The lowest BCUT2D eigenvalue weighted by Gasteiger charge is -2.31. The van der Waals surface area contributed by atoms with E-state index in [9.17, 15) is 9.59 Å². The predicted molar refractivity (Wildman–Crippen MR) is 133 cm³/mol. The van der Waals surface area contributed by atoms with Crippen LogP contribution in [0.2, 0.25) is 0 Å². The Hall–Kier alpha value is -2.25. The molecule has 1 N–H and O–H groups in total. The van der Waals surface area contributed by atoms with Gasteiger partial charge in [0, 0.05) is 31.6 Å². The van der Waals surface area contributed by atoms with Gasteiger partial charge in [-0.1, -0.05) is 36.8 Å². The maximum absolute atomic E-state index is 13.1. The van der Waals surface area contributed by atoms with Gasteiger partial charge in [-0.05, 0) is 64.6 Å². The second-order valence-electron chi connectivity index (χ2n) is 9.35. The van der Waals surface area contributed by atoms with Crippen LogP contribution in [0.4, 0.5) is 0 Å². The van der Waals surface area contributed by atoms with Crippen LogP contribution >= 0.6 is 11.3 Å². The first-order chi connectivity index (χ1) is 16.1. The van der Waals surface area contributed by atoms with Crippen LogP contribution in [0.5, 0.6) is 0 Å². The number of thiazole rings is 1. The minimum Gasteiger partial charge on any atom is -0.356 e. The molecule has 0 aliphatic carbocycles. The standard InChI is InChI=1S/C26H36N4O2S/c1-20-24(33-25(28-20)22-9-4-2-5-10-22)26(32)30-17-11-21(12-18-30)19-23(31)27-13-8-16-29-14-6-3-7-15-29/h2,4-5,9-10,21H,3,6-8,11-19H2,1H3,(H,27,31). The Morgan fingerprint density at radius 2 is 1.79 bits per heavy atom. The van der Waals surface area contributed by atoms with Crippen LogP contribution in [0.1, 0.15) is 60.3 Å². The maximum atomic E-state index is 13.1. The molecule has 0 saturated carbocycles. The first-order valence-electron chi connectivity index (χ1n) is 12.4. The van der Waals surface area contributed by atoms with Crippen molar-refractivity contribution in [2.24, 2.45) is 5.92 Å². The topological polar surface area (TPSA) is 65.5 Å². The van der Waals surface area contributed by atoms with E-state index in [1.54, 1.807) is 0 Å². The van der Waals surface area contributed by atoms with Crippen molar-refractivity contribution < 1.29 is 9.59 Å². The van der Waals surface area contributed by atoms with E-state index in [0.717, 1.165) is 53.5 Å². The largest absolute Gasteiger partial charge is 0.356 e. The Morgan fingerprint density at radius 3 is 2.52 bits per heavy atom. The summed E-state index contributed by atoms with van der Waals surface area (Å²) in [5, 5.41) is 3.99. The Morgan fingerprint density at radius 1 is 1.06 bits per heavy atom. The number of aromatic nitrogens is 1. The van der Waals surface area contributed by atoms with Crippen LogP contribution in [0.25, 0.3) is 10.6 Å². The highest BCUT2D eigenvalue weighted by Gasteiger charge is 2.27. The van der Waals surface area contributed by atoms with Crippen molar-refractivity contribution in [2.75, 3.05) is 39.3 Å². The highest BCUT2D eigenvalue weighted by molar-refractivity contribution is 7.17. The average molecular weight is 469 g/mol. The molecular weight excluding hydrogens is 432 g/mol. The predicted octanol–water partition coefficient (Wildman–Crippen LogP) is 4.35. The number of carbonyl (C=O) groups excluding carboxylic acids is 2. The van der Waals surface area contributed by atoms with Crippen molar-refractivity contribution in [3.63, 3.8) is 0 Å². The first kappa shape index (κ1) is 23.9. The van der Waals surface area contributed by atoms with E-state index in [1.165, 1.54) is 43.7 Å². The summed E-state index contributed by atoms with van der Waals surface area (Å²) in [6, 6.07) is 10.0. The van der Waals surface area contributed by atoms with Crippen LogP contribution < -0.4 is 5.32 Å². The molecule has 6 nitrogen and oxygen atoms in total. The third-order valence-corrected chi connectivity index (χ3v) is 8.00. The molecule has 0 unspecified atom stereocenters. The molecule has 0 bridgehead atoms. The van der Waals surface area contributed by atoms with Crippen LogP contribution in [0.15, 0.2) is 30.3 Å². The van der Waals surface area contributed by atoms with E-state index in [0.29, 0.717) is 25.4 Å². The van der Waals surface area contributed by atoms with E-state index >= 15 is 0 Å². The number of nitrogens with one attached hydrogen (secondary N) is 1. The van der Waals surface area contributed by atoms with E-state index < -0.39 is 0 Å². The zero-order valence-corrected chi connectivity index (χ0v) is 20.5. The smallest absolute Gasteiger partial charge is 0.265 e. The van der Waals surface area contributed by atoms with E-state index in [-0.39, 0.29) is 11.8 Å². The third kappa shape index (κ3) is 6.64. The van der Waals surface area contributed by atoms with Crippen molar-refractivity contribution in [3.05, 3.63) is 40.9 Å². The van der Waals surface area contributed by atoms with Gasteiger partial charge in [0.05, 0.1) is 5.69 Å². The van der Waals surface area contributed by atoms with Crippen LogP contribution in [-0.4, -0.2) is 65.9 Å². The Kier molecular flexibility index (Phi) is 8.51. The third-order valence-electron chi connectivity index (χ3n) is 6.81. The minimum atomic E-state index is 0.0767. The van der Waals surface area contributed by atoms with Crippen LogP contribution in [-0.2, 0) is 4.79 Å². The SMILES string of the molecule is Cc1nc(-c2ccccc2)sc1C(=O)N1CCC(CC(=O)NCCCN2CCCCC2)CC1. The van der Waals surface area contributed by atoms with E-state index in [1.807, 2.05) is 42.2 Å². The summed E-state index contributed by atoms with van der Waals surface area (Å²) in [7, 11) is 0. The molecule has 0 spiro atoms. The lowest BCUT2D eigenvalue weighted by Crippen LogP contribution is -2.40. The number of aryl methyl sites for hydroxylation is 1. The fourth-order valence-corrected chi connectivity index (χ4v) is 5.87. The molecule has 4 rings (SSSR count). The number of amides is 2. The number of rotatable bonds is 8. The Bertz CT molecular complexity index is 916. The summed E-state index contributed by atoms with van der Waals surface area (Å²) in [6.07, 6.45) is 7.35. The van der Waals surface area contributed by atoms with Gasteiger partial charge in [0.25, 0.3) is 5.91 Å². The molecule has 3 heterocycles. The molecule has 2 aliphatic heterocycles. The lowest BCUT2D eigenvalue weighted by molar-refractivity contribution is -0.122. The number of likely N-dealkylation sites (tertiary alicyclic amines) is 2. The molecule has 0 atom stereocenters. The van der Waals surface area contributed by atoms with Gasteiger partial charge in [0.2, 0.25) is 5.91 Å². The number of piperidine rings is 2. The number of nitrogens with zero attached hydrogens (tertiary/aromatic N) is 3. The van der Waals surface area contributed by atoms with Crippen molar-refractivity contribution in [3.8, 4) is 10.6 Å². The quantitative estimate of drug-likeness (QED) is 0.585. The molecule has 2 aromatic rings. The van der Waals surface area contributed by atoms with Gasteiger partial charge in [-0.2, -0.15) is 0 Å². The van der Waals surface area contributed by atoms with Gasteiger partial charge >= 0.3 is 0 Å². The van der Waals surface area contributed by atoms with Gasteiger partial charge in [0.15, 0.2) is 0 Å². The summed E-state index contributed by atoms with van der Waals surface area (Å²) < 4.78 is 0. The molecule has 33 heavy (non-hydrogen) atoms. The fourth-order valence-electron chi connectivity index (χ4n) is 4.83. The van der Waals surface area contributed by atoms with Crippen LogP contribution in [0, 0.1) is 12.8 Å². The molecule has 2 aliphatic rings. The Labute approximate surface area is 201 Å². The van der Waals surface area contributed by atoms with Crippen molar-refractivity contribution in [1.29, 1.82) is 0 Å². The molecule has 1 aromatic carbocycles. The number of hydrogen-bond acceptors (Lipinski definition) is 5. The average Bonchev–Trinajstić information content (AvgIpc) is 3.25. The second-order valence-corrected chi connectivity index (χ2v) is 10.3. The maximum Gasteiger partial charge on any atom is 0.265 e. The molecule has 2 amide bonds. The lowest BCUT2D eigenvalue weighted by atomic mass is 9.93. The molecular formula is C26H36N4O2S. The van der Waals surface area contributed by atoms with Gasteiger partial charge in [-0.25, -0.2) is 4.98 Å². The summed E-state index contributed by atoms with van der Waals surface area (Å²) in [5.41, 5.74) is 1.85. The summed E-state index contributed by atoms with van der Waals surface area (Å²) in [4.78, 5) is 35.3. The Balaban J connectivity index is 1.18. The number of hydrogen-bond donors (Lipinski definition) is 1. The van der Waals surface area contributed by atoms with Gasteiger partial charge < -0.3 is 15.1 Å². The highest BCUT2D eigenvalue weighted by Crippen LogP contribution is 2.30. The number of benzene rings is 1. The normalized spacial score (nSPS) is 17.8. The molecule has 0 radical (unpaired) electrons. The summed E-state index contributed by atoms with van der Waals surface area (Å²) in [6.45, 7) is 7.61. The van der Waals surface area contributed by atoms with Gasteiger partial charge in [-0.15, -0.1) is 11.3 Å². The van der Waals surface area contributed by atoms with Crippen LogP contribution in [0.3, 0.4) is 0 Å². The van der Waals surface area contributed by atoms with E-state index in [4.69, 9.17) is 0 Å². The summed E-state index contributed by atoms with van der Waals surface area (Å²) in [5.74, 6) is 0.593. The first-order valence-corrected chi connectivity index (χ1v) is 13.2. The minimum absolute atomic E-state index is 0.0767. The second kappa shape index (κ2) is 11.7. The zero-order chi connectivity index (χ0) is 23.0. The van der Waals surface area contributed by atoms with Gasteiger partial charge in [0.1, 0.15) is 9.88 Å². The van der Waals surface area contributed by atoms with Crippen molar-refractivity contribution in [2.45, 2.75) is 51.9 Å². The molecule has 7 heteroatoms. The molecule has 2 saturated heterocycles. The number of carbonyl (C=O) groups is 2. The molecule has 2 fully saturated rings. The summed E-state index contributed by atoms with van der Waals surface area (Å²) >= 11 is 1.48. The molecule has 178 valence electrons. The van der Waals surface area contributed by atoms with Crippen molar-refractivity contribution in [1.82, 2.24) is 20.1 Å². The van der Waals surface area contributed by atoms with E-state index in [2.05, 4.69) is 15.2 Å². The monoisotopic (exact) mass is 468 g/mol. The fraction of sp³-hybridized carbons (Fsp3) is 0.577.